The van der Waals surface area contributed by atoms with Crippen molar-refractivity contribution in [1.82, 2.24) is 4.98 Å². The molecule has 2 aromatic carbocycles. The van der Waals surface area contributed by atoms with E-state index in [-0.39, 0.29) is 20.6 Å². The normalized spacial score (nSPS) is 12.4. The van der Waals surface area contributed by atoms with Gasteiger partial charge in [-0.05, 0) is 31.2 Å². The number of nitrogens with one attached hydrogen (secondary N) is 1. The molecule has 0 fully saturated rings. The molecule has 0 aliphatic rings. The van der Waals surface area contributed by atoms with Crippen LogP contribution in [0.4, 0.5) is 25.1 Å². The van der Waals surface area contributed by atoms with E-state index < -0.39 is 49.5 Å². The fourth-order valence-corrected chi connectivity index (χ4v) is 5.30. The van der Waals surface area contributed by atoms with Gasteiger partial charge in [0.05, 0.1) is 17.2 Å². The van der Waals surface area contributed by atoms with Crippen molar-refractivity contribution in [3.63, 3.8) is 0 Å². The van der Waals surface area contributed by atoms with Crippen LogP contribution >= 0.6 is 34.5 Å². The predicted octanol–water partition coefficient (Wildman–Crippen LogP) is 5.77. The summed E-state index contributed by atoms with van der Waals surface area (Å²) in [6.07, 6.45) is -1.87. The summed E-state index contributed by atoms with van der Waals surface area (Å²) in [5.41, 5.74) is 1.30. The number of hydrogen-bond donors (Lipinski definition) is 2. The Bertz CT molecular complexity index is 1220. The molecule has 0 aliphatic carbocycles. The quantitative estimate of drug-likeness (QED) is 0.438. The largest absolute Gasteiger partial charge is 0.464 e. The molecule has 3 rings (SSSR count). The smallest absolute Gasteiger partial charge is 0.427 e. The van der Waals surface area contributed by atoms with Crippen LogP contribution < -0.4 is 9.62 Å². The topological polar surface area (TPSA) is 99.6 Å². The van der Waals surface area contributed by atoms with Crippen molar-refractivity contribution in [2.45, 2.75) is 17.9 Å². The highest BCUT2D eigenvalue weighted by molar-refractivity contribution is 7.93. The maximum atomic E-state index is 14.9. The molecular formula is C18H13Cl2F2N3O4S2. The monoisotopic (exact) mass is 507 g/mol. The number of anilines is 2. The van der Waals surface area contributed by atoms with Crippen LogP contribution in [0.25, 0.3) is 0 Å². The van der Waals surface area contributed by atoms with E-state index in [9.17, 15) is 27.1 Å². The van der Waals surface area contributed by atoms with Gasteiger partial charge in [0.15, 0.2) is 11.6 Å². The minimum Gasteiger partial charge on any atom is -0.464 e. The molecule has 0 bridgehead atoms. The number of aromatic nitrogens is 1. The number of thiazole rings is 1. The van der Waals surface area contributed by atoms with Gasteiger partial charge in [-0.2, -0.15) is 0 Å². The van der Waals surface area contributed by atoms with E-state index in [0.717, 1.165) is 23.5 Å². The lowest BCUT2D eigenvalue weighted by molar-refractivity contribution is 0.206. The summed E-state index contributed by atoms with van der Waals surface area (Å²) in [6, 6.07) is 5.36. The first kappa shape index (κ1) is 23.2. The van der Waals surface area contributed by atoms with Crippen molar-refractivity contribution in [2.24, 2.45) is 0 Å². The van der Waals surface area contributed by atoms with E-state index in [1.54, 1.807) is 6.92 Å². The maximum absolute atomic E-state index is 14.9. The van der Waals surface area contributed by atoms with Gasteiger partial charge in [-0.15, -0.1) is 15.6 Å². The molecule has 0 aliphatic heterocycles. The molecule has 13 heteroatoms. The molecule has 0 saturated carbocycles. The fourth-order valence-electron chi connectivity index (χ4n) is 2.80. The highest BCUT2D eigenvalue weighted by atomic mass is 35.5. The van der Waals surface area contributed by atoms with Crippen molar-refractivity contribution in [1.29, 1.82) is 0 Å². The van der Waals surface area contributed by atoms with E-state index in [1.165, 1.54) is 29.1 Å². The van der Waals surface area contributed by atoms with Crippen molar-refractivity contribution in [2.75, 3.05) is 9.62 Å². The Morgan fingerprint density at radius 3 is 2.55 bits per heavy atom. The van der Waals surface area contributed by atoms with Gasteiger partial charge < -0.3 is 10.4 Å². The molecule has 3 aromatic rings. The zero-order valence-electron chi connectivity index (χ0n) is 15.5. The molecule has 31 heavy (non-hydrogen) atoms. The minimum absolute atomic E-state index is 0.0412. The third kappa shape index (κ3) is 4.45. The Balaban J connectivity index is 1.99. The van der Waals surface area contributed by atoms with Gasteiger partial charge in [0.2, 0.25) is 0 Å². The first-order chi connectivity index (χ1) is 14.6. The molecule has 0 saturated heterocycles. The summed E-state index contributed by atoms with van der Waals surface area (Å²) < 4.78 is 54.6. The second kappa shape index (κ2) is 8.95. The summed E-state index contributed by atoms with van der Waals surface area (Å²) in [5, 5.41) is 12.8. The van der Waals surface area contributed by atoms with Crippen LogP contribution in [-0.4, -0.2) is 24.6 Å². The third-order valence-electron chi connectivity index (χ3n) is 4.17. The van der Waals surface area contributed by atoms with E-state index in [4.69, 9.17) is 23.2 Å². The molecule has 0 spiro atoms. The lowest BCUT2D eigenvalue weighted by Gasteiger charge is -2.21. The van der Waals surface area contributed by atoms with Crippen molar-refractivity contribution < 1.29 is 27.1 Å². The molecule has 1 aromatic heterocycles. The second-order valence-corrected chi connectivity index (χ2v) is 9.40. The highest BCUT2D eigenvalue weighted by Crippen LogP contribution is 2.36. The molecule has 164 valence electrons. The summed E-state index contributed by atoms with van der Waals surface area (Å²) >= 11 is 13.0. The first-order valence-electron chi connectivity index (χ1n) is 8.40. The average Bonchev–Trinajstić information content (AvgIpc) is 3.18. The Morgan fingerprint density at radius 2 is 1.97 bits per heavy atom. The number of halogens is 4. The molecule has 1 heterocycles. The molecule has 0 radical (unpaired) electrons. The van der Waals surface area contributed by atoms with Gasteiger partial charge in [0, 0.05) is 16.0 Å². The lowest BCUT2D eigenvalue weighted by atomic mass is 10.1. The molecule has 1 amide bonds. The lowest BCUT2D eigenvalue weighted by Crippen LogP contribution is -2.36. The van der Waals surface area contributed by atoms with Crippen LogP contribution in [0, 0.1) is 11.6 Å². The fraction of sp³-hybridized carbons (Fsp3) is 0.111. The Morgan fingerprint density at radius 1 is 1.26 bits per heavy atom. The van der Waals surface area contributed by atoms with Crippen molar-refractivity contribution >= 4 is 62.2 Å². The van der Waals surface area contributed by atoms with Crippen LogP contribution in [-0.2, 0) is 10.0 Å². The maximum Gasteiger partial charge on any atom is 0.427 e. The number of rotatable bonds is 6. The third-order valence-corrected chi connectivity index (χ3v) is 7.14. The van der Waals surface area contributed by atoms with E-state index in [2.05, 4.69) is 10.3 Å². The SMILES string of the molecule is C[C@H](Nc1ccc(S(=O)(=O)N(C(=O)O)c2cscn2)c(F)c1Cl)c1c(F)cccc1Cl. The highest BCUT2D eigenvalue weighted by Gasteiger charge is 2.35. The van der Waals surface area contributed by atoms with Gasteiger partial charge in [-0.25, -0.2) is 27.0 Å². The van der Waals surface area contributed by atoms with E-state index in [0.29, 0.717) is 0 Å². The summed E-state index contributed by atoms with van der Waals surface area (Å²) in [6.45, 7) is 1.55. The van der Waals surface area contributed by atoms with Crippen molar-refractivity contribution in [3.8, 4) is 0 Å². The van der Waals surface area contributed by atoms with Crippen LogP contribution in [0.2, 0.25) is 10.0 Å². The Kier molecular flexibility index (Phi) is 6.70. The minimum atomic E-state index is -4.88. The second-order valence-electron chi connectivity index (χ2n) is 6.14. The molecular weight excluding hydrogens is 495 g/mol. The van der Waals surface area contributed by atoms with Crippen LogP contribution in [0.3, 0.4) is 0 Å². The number of carboxylic acid groups (broad SMARTS) is 1. The van der Waals surface area contributed by atoms with Crippen molar-refractivity contribution in [3.05, 3.63) is 68.5 Å². The zero-order valence-corrected chi connectivity index (χ0v) is 18.7. The van der Waals surface area contributed by atoms with Gasteiger partial charge in [0.1, 0.15) is 15.7 Å². The van der Waals surface area contributed by atoms with Crippen LogP contribution in [0.5, 0.6) is 0 Å². The molecule has 2 N–H and O–H groups in total. The number of carbonyl (C=O) groups is 1. The van der Waals surface area contributed by atoms with Crippen LogP contribution in [0.1, 0.15) is 18.5 Å². The number of sulfonamides is 1. The predicted molar refractivity (Wildman–Crippen MR) is 115 cm³/mol. The van der Waals surface area contributed by atoms with E-state index >= 15 is 0 Å². The Labute approximate surface area is 189 Å². The van der Waals surface area contributed by atoms with E-state index in [1.807, 2.05) is 0 Å². The van der Waals surface area contributed by atoms with Crippen LogP contribution in [0.15, 0.2) is 46.1 Å². The molecule has 0 unspecified atom stereocenters. The van der Waals surface area contributed by atoms with Gasteiger partial charge >= 0.3 is 6.09 Å². The molecule has 7 nitrogen and oxygen atoms in total. The summed E-state index contributed by atoms with van der Waals surface area (Å²) in [4.78, 5) is 14.2. The van der Waals surface area contributed by atoms with Gasteiger partial charge in [-0.3, -0.25) is 0 Å². The number of amides is 1. The molecule has 1 atom stereocenters. The average molecular weight is 508 g/mol. The number of benzene rings is 2. The van der Waals surface area contributed by atoms with Gasteiger partial charge in [-0.1, -0.05) is 29.3 Å². The number of hydrogen-bond acceptors (Lipinski definition) is 6. The standard InChI is InChI=1S/C18H13Cl2F2N3O4S2/c1-9(15-10(19)3-2-4-11(15)21)24-12-5-6-13(17(22)16(12)20)31(28,29)25(18(26)27)14-7-30-8-23-14/h2-9,24H,1H3,(H,26,27)/t9-/m0/s1. The Hall–Kier alpha value is -2.47. The zero-order chi connectivity index (χ0) is 22.9. The number of nitrogens with zero attached hydrogens (tertiary/aromatic N) is 2. The first-order valence-corrected chi connectivity index (χ1v) is 11.5. The summed E-state index contributed by atoms with van der Waals surface area (Å²) in [7, 11) is -4.88. The van der Waals surface area contributed by atoms with Gasteiger partial charge in [0.25, 0.3) is 10.0 Å². The summed E-state index contributed by atoms with van der Waals surface area (Å²) in [5.74, 6) is -2.37.